The Morgan fingerprint density at radius 2 is 2.06 bits per heavy atom. The maximum Gasteiger partial charge on any atom is 0.326 e. The highest BCUT2D eigenvalue weighted by Crippen LogP contribution is 2.17. The minimum absolute atomic E-state index is 0.234. The molecule has 0 bridgehead atoms. The second-order valence-corrected chi connectivity index (χ2v) is 4.56. The molecule has 17 heavy (non-hydrogen) atoms. The van der Waals surface area contributed by atoms with Crippen molar-refractivity contribution in [3.05, 3.63) is 0 Å². The third-order valence-electron chi connectivity index (χ3n) is 3.50. The molecule has 1 aliphatic rings. The van der Waals surface area contributed by atoms with E-state index in [1.165, 1.54) is 4.90 Å². The van der Waals surface area contributed by atoms with E-state index >= 15 is 0 Å². The zero-order valence-electron chi connectivity index (χ0n) is 10.6. The minimum atomic E-state index is -0.903. The van der Waals surface area contributed by atoms with E-state index in [9.17, 15) is 9.59 Å². The molecule has 0 aliphatic carbocycles. The van der Waals surface area contributed by atoms with E-state index in [2.05, 4.69) is 19.2 Å². The van der Waals surface area contributed by atoms with Crippen LogP contribution in [0.4, 0.5) is 4.79 Å². The first-order valence-electron chi connectivity index (χ1n) is 6.37. The van der Waals surface area contributed by atoms with Gasteiger partial charge >= 0.3 is 12.0 Å². The molecule has 0 aromatic rings. The van der Waals surface area contributed by atoms with E-state index in [0.29, 0.717) is 25.4 Å². The largest absolute Gasteiger partial charge is 0.480 e. The number of aliphatic carboxylic acids is 1. The monoisotopic (exact) mass is 242 g/mol. The molecule has 0 spiro atoms. The second-order valence-electron chi connectivity index (χ2n) is 4.56. The molecule has 1 aliphatic heterocycles. The summed E-state index contributed by atoms with van der Waals surface area (Å²) in [6, 6.07) is -0.876. The maximum absolute atomic E-state index is 11.8. The van der Waals surface area contributed by atoms with Crippen LogP contribution in [0.5, 0.6) is 0 Å². The van der Waals surface area contributed by atoms with Crippen molar-refractivity contribution in [3.63, 3.8) is 0 Å². The van der Waals surface area contributed by atoms with Gasteiger partial charge in [0.2, 0.25) is 0 Å². The van der Waals surface area contributed by atoms with Crippen LogP contribution in [-0.2, 0) is 4.79 Å². The summed E-state index contributed by atoms with van der Waals surface area (Å²) in [6.45, 7) is 5.37. The van der Waals surface area contributed by atoms with Gasteiger partial charge in [-0.05, 0) is 18.8 Å². The third kappa shape index (κ3) is 3.61. The Kier molecular flexibility index (Phi) is 5.25. The molecule has 1 fully saturated rings. The van der Waals surface area contributed by atoms with E-state index in [-0.39, 0.29) is 6.03 Å². The molecule has 2 N–H and O–H groups in total. The van der Waals surface area contributed by atoms with Gasteiger partial charge in [0.15, 0.2) is 0 Å². The van der Waals surface area contributed by atoms with Crippen molar-refractivity contribution >= 4 is 12.0 Å². The summed E-state index contributed by atoms with van der Waals surface area (Å²) in [6.07, 6.45) is 3.39. The molecular weight excluding hydrogens is 220 g/mol. The number of carboxylic acid groups (broad SMARTS) is 1. The fourth-order valence-electron chi connectivity index (χ4n) is 2.18. The Hall–Kier alpha value is -1.26. The van der Waals surface area contributed by atoms with Crippen LogP contribution in [0.25, 0.3) is 0 Å². The first-order valence-corrected chi connectivity index (χ1v) is 6.37. The van der Waals surface area contributed by atoms with Gasteiger partial charge in [-0.25, -0.2) is 9.59 Å². The fraction of sp³-hybridized carbons (Fsp3) is 0.833. The lowest BCUT2D eigenvalue weighted by Crippen LogP contribution is -2.47. The number of hydrogen-bond acceptors (Lipinski definition) is 2. The summed E-state index contributed by atoms with van der Waals surface area (Å²) in [5.74, 6) is -0.426. The molecule has 5 nitrogen and oxygen atoms in total. The highest BCUT2D eigenvalue weighted by atomic mass is 16.4. The summed E-state index contributed by atoms with van der Waals surface area (Å²) in [5.41, 5.74) is 0. The Morgan fingerprint density at radius 3 is 2.59 bits per heavy atom. The smallest absolute Gasteiger partial charge is 0.326 e. The lowest BCUT2D eigenvalue weighted by molar-refractivity contribution is -0.141. The fourth-order valence-corrected chi connectivity index (χ4v) is 2.18. The molecule has 0 saturated carbocycles. The number of rotatable bonds is 5. The van der Waals surface area contributed by atoms with Crippen molar-refractivity contribution < 1.29 is 14.7 Å². The number of urea groups is 1. The molecule has 1 atom stereocenters. The number of carbonyl (C=O) groups excluding carboxylic acids is 1. The maximum atomic E-state index is 11.8. The van der Waals surface area contributed by atoms with Crippen molar-refractivity contribution in [1.29, 1.82) is 0 Å². The molecule has 5 heteroatoms. The standard InChI is InChI=1S/C12H22N2O3/c1-3-9(4-2)8-13-12(17)14-7-5-6-10(14)11(15)16/h9-10H,3-8H2,1-2H3,(H,13,17)(H,15,16)/t10-/m0/s1. The summed E-state index contributed by atoms with van der Waals surface area (Å²) >= 11 is 0. The summed E-state index contributed by atoms with van der Waals surface area (Å²) in [4.78, 5) is 24.2. The predicted molar refractivity (Wildman–Crippen MR) is 64.8 cm³/mol. The molecular formula is C12H22N2O3. The van der Waals surface area contributed by atoms with Gasteiger partial charge in [0.05, 0.1) is 0 Å². The summed E-state index contributed by atoms with van der Waals surface area (Å²) < 4.78 is 0. The Balaban J connectivity index is 2.44. The summed E-state index contributed by atoms with van der Waals surface area (Å²) in [5, 5.41) is 11.8. The van der Waals surface area contributed by atoms with Crippen molar-refractivity contribution in [3.8, 4) is 0 Å². The highest BCUT2D eigenvalue weighted by Gasteiger charge is 2.33. The van der Waals surface area contributed by atoms with Crippen LogP contribution in [0.15, 0.2) is 0 Å². The molecule has 1 heterocycles. The predicted octanol–water partition coefficient (Wildman–Crippen LogP) is 1.68. The van der Waals surface area contributed by atoms with Crippen LogP contribution >= 0.6 is 0 Å². The number of carboxylic acids is 1. The van der Waals surface area contributed by atoms with Gasteiger partial charge in [-0.3, -0.25) is 0 Å². The van der Waals surface area contributed by atoms with Crippen molar-refractivity contribution in [1.82, 2.24) is 10.2 Å². The SMILES string of the molecule is CCC(CC)CNC(=O)N1CCC[C@H]1C(=O)O. The van der Waals surface area contributed by atoms with Gasteiger partial charge in [-0.2, -0.15) is 0 Å². The van der Waals surface area contributed by atoms with Crippen LogP contribution in [0.3, 0.4) is 0 Å². The lowest BCUT2D eigenvalue weighted by Gasteiger charge is -2.23. The first-order chi connectivity index (χ1) is 8.10. The van der Waals surface area contributed by atoms with E-state index < -0.39 is 12.0 Å². The van der Waals surface area contributed by atoms with Crippen molar-refractivity contribution in [2.45, 2.75) is 45.6 Å². The van der Waals surface area contributed by atoms with Crippen LogP contribution in [0.2, 0.25) is 0 Å². The Labute approximate surface area is 102 Å². The van der Waals surface area contributed by atoms with Gasteiger partial charge in [0, 0.05) is 13.1 Å². The average Bonchev–Trinajstić information content (AvgIpc) is 2.79. The van der Waals surface area contributed by atoms with E-state index in [4.69, 9.17) is 5.11 Å². The van der Waals surface area contributed by atoms with Crippen molar-refractivity contribution in [2.75, 3.05) is 13.1 Å². The number of amides is 2. The average molecular weight is 242 g/mol. The van der Waals surface area contributed by atoms with E-state index in [0.717, 1.165) is 19.3 Å². The van der Waals surface area contributed by atoms with Crippen LogP contribution < -0.4 is 5.32 Å². The third-order valence-corrected chi connectivity index (χ3v) is 3.50. The van der Waals surface area contributed by atoms with Crippen LogP contribution in [0, 0.1) is 5.92 Å². The quantitative estimate of drug-likeness (QED) is 0.770. The van der Waals surface area contributed by atoms with Gasteiger partial charge in [0.25, 0.3) is 0 Å². The zero-order chi connectivity index (χ0) is 12.8. The van der Waals surface area contributed by atoms with Gasteiger partial charge in [0.1, 0.15) is 6.04 Å². The normalized spacial score (nSPS) is 19.7. The number of carbonyl (C=O) groups is 2. The molecule has 98 valence electrons. The van der Waals surface area contributed by atoms with Crippen molar-refractivity contribution in [2.24, 2.45) is 5.92 Å². The number of hydrogen-bond donors (Lipinski definition) is 2. The lowest BCUT2D eigenvalue weighted by atomic mass is 10.0. The molecule has 1 rings (SSSR count). The Morgan fingerprint density at radius 1 is 1.41 bits per heavy atom. The molecule has 0 aromatic heterocycles. The van der Waals surface area contributed by atoms with E-state index in [1.807, 2.05) is 0 Å². The van der Waals surface area contributed by atoms with Crippen LogP contribution in [0.1, 0.15) is 39.5 Å². The number of nitrogens with one attached hydrogen (secondary N) is 1. The number of likely N-dealkylation sites (tertiary alicyclic amines) is 1. The summed E-state index contributed by atoms with van der Waals surface area (Å²) in [7, 11) is 0. The Bertz CT molecular complexity index is 277. The number of nitrogens with zero attached hydrogens (tertiary/aromatic N) is 1. The molecule has 2 amide bonds. The van der Waals surface area contributed by atoms with Gasteiger partial charge in [-0.15, -0.1) is 0 Å². The highest BCUT2D eigenvalue weighted by molar-refractivity contribution is 5.83. The topological polar surface area (TPSA) is 69.6 Å². The van der Waals surface area contributed by atoms with Crippen LogP contribution in [-0.4, -0.2) is 41.1 Å². The second kappa shape index (κ2) is 6.47. The van der Waals surface area contributed by atoms with Gasteiger partial charge in [-0.1, -0.05) is 26.7 Å². The first kappa shape index (κ1) is 13.8. The van der Waals surface area contributed by atoms with Gasteiger partial charge < -0.3 is 15.3 Å². The van der Waals surface area contributed by atoms with E-state index in [1.54, 1.807) is 0 Å². The molecule has 0 radical (unpaired) electrons. The molecule has 1 saturated heterocycles. The molecule has 0 unspecified atom stereocenters. The molecule has 0 aromatic carbocycles. The minimum Gasteiger partial charge on any atom is -0.480 e. The zero-order valence-corrected chi connectivity index (χ0v) is 10.6.